The van der Waals surface area contributed by atoms with Crippen molar-refractivity contribution in [3.05, 3.63) is 103 Å². The minimum atomic E-state index is -0.344. The molecule has 160 valence electrons. The topological polar surface area (TPSA) is 70.9 Å². The molecule has 2 heterocycles. The Morgan fingerprint density at radius 3 is 2.56 bits per heavy atom. The van der Waals surface area contributed by atoms with Gasteiger partial charge in [-0.3, -0.25) is 9.89 Å². The lowest BCUT2D eigenvalue weighted by atomic mass is 10.1. The molecule has 4 aromatic rings. The van der Waals surface area contributed by atoms with E-state index >= 15 is 0 Å². The Balaban J connectivity index is 1.39. The molecule has 2 aromatic carbocycles. The Bertz CT molecular complexity index is 1190. The van der Waals surface area contributed by atoms with Crippen LogP contribution in [-0.2, 0) is 11.3 Å². The molecule has 6 heteroatoms. The highest BCUT2D eigenvalue weighted by Crippen LogP contribution is 2.29. The maximum absolute atomic E-state index is 12.2. The Kier molecular flexibility index (Phi) is 5.66. The first-order valence-corrected chi connectivity index (χ1v) is 10.9. The van der Waals surface area contributed by atoms with Gasteiger partial charge in [0.2, 0.25) is 6.54 Å². The Morgan fingerprint density at radius 1 is 1.06 bits per heavy atom. The van der Waals surface area contributed by atoms with Crippen molar-refractivity contribution in [1.82, 2.24) is 15.5 Å². The van der Waals surface area contributed by atoms with E-state index in [-0.39, 0.29) is 12.0 Å². The van der Waals surface area contributed by atoms with Gasteiger partial charge in [0.05, 0.1) is 11.3 Å². The molecule has 1 atom stereocenters. The third kappa shape index (κ3) is 4.86. The maximum Gasteiger partial charge on any atom is 0.286 e. The number of aromatic nitrogens is 3. The van der Waals surface area contributed by atoms with E-state index in [1.165, 1.54) is 0 Å². The van der Waals surface area contributed by atoms with Crippen LogP contribution in [-0.4, -0.2) is 22.1 Å². The van der Waals surface area contributed by atoms with E-state index in [1.54, 1.807) is 0 Å². The number of carbonyl (C=O) groups is 1. The highest BCUT2D eigenvalue weighted by molar-refractivity contribution is 5.75. The van der Waals surface area contributed by atoms with Crippen LogP contribution in [0.25, 0.3) is 11.3 Å². The summed E-state index contributed by atoms with van der Waals surface area (Å²) in [4.78, 5) is 12.2. The van der Waals surface area contributed by atoms with Crippen molar-refractivity contribution < 1.29 is 14.1 Å². The number of ether oxygens (including phenoxy) is 1. The van der Waals surface area contributed by atoms with Gasteiger partial charge < -0.3 is 10.1 Å². The molecule has 0 bridgehead atoms. The smallest absolute Gasteiger partial charge is 0.286 e. The van der Waals surface area contributed by atoms with Crippen LogP contribution in [0.5, 0.6) is 5.75 Å². The second-order valence-corrected chi connectivity index (χ2v) is 8.03. The minimum Gasteiger partial charge on any atom is -0.479 e. The number of hydrogen-bond acceptors (Lipinski definition) is 3. The number of H-pyrrole nitrogens is 1. The summed E-state index contributed by atoms with van der Waals surface area (Å²) in [6.45, 7) is 0.301. The van der Waals surface area contributed by atoms with E-state index in [1.807, 2.05) is 95.8 Å². The van der Waals surface area contributed by atoms with Crippen molar-refractivity contribution in [3.8, 4) is 17.0 Å². The fraction of sp³-hybridized carbons (Fsp3) is 0.192. The van der Waals surface area contributed by atoms with Crippen LogP contribution in [0.1, 0.15) is 30.2 Å². The van der Waals surface area contributed by atoms with Crippen LogP contribution in [0.15, 0.2) is 91.3 Å². The molecule has 0 radical (unpaired) electrons. The molecular formula is C26H25N4O2+. The lowest BCUT2D eigenvalue weighted by Crippen LogP contribution is -2.43. The van der Waals surface area contributed by atoms with Gasteiger partial charge in [0, 0.05) is 12.1 Å². The highest BCUT2D eigenvalue weighted by atomic mass is 16.5. The number of benzene rings is 2. The molecule has 32 heavy (non-hydrogen) atoms. The minimum absolute atomic E-state index is 0.0420. The van der Waals surface area contributed by atoms with Gasteiger partial charge in [-0.15, -0.1) is 0 Å². The Morgan fingerprint density at radius 2 is 1.81 bits per heavy atom. The molecule has 1 saturated carbocycles. The van der Waals surface area contributed by atoms with Gasteiger partial charge in [-0.05, 0) is 42.7 Å². The highest BCUT2D eigenvalue weighted by Gasteiger charge is 2.25. The molecule has 0 saturated heterocycles. The fourth-order valence-corrected chi connectivity index (χ4v) is 3.63. The van der Waals surface area contributed by atoms with E-state index in [9.17, 15) is 4.79 Å². The normalized spacial score (nSPS) is 14.0. The molecule has 1 amide bonds. The first-order valence-electron chi connectivity index (χ1n) is 10.9. The fourth-order valence-electron chi connectivity index (χ4n) is 3.63. The summed E-state index contributed by atoms with van der Waals surface area (Å²) >= 11 is 0. The lowest BCUT2D eigenvalue weighted by Gasteiger charge is -2.17. The van der Waals surface area contributed by atoms with Gasteiger partial charge in [0.1, 0.15) is 11.4 Å². The molecule has 5 rings (SSSR count). The zero-order valence-electron chi connectivity index (χ0n) is 17.6. The molecule has 1 aliphatic rings. The summed E-state index contributed by atoms with van der Waals surface area (Å²) < 4.78 is 8.21. The van der Waals surface area contributed by atoms with Gasteiger partial charge in [-0.2, -0.15) is 9.67 Å². The summed E-state index contributed by atoms with van der Waals surface area (Å²) in [6.07, 6.45) is 5.68. The Hall–Kier alpha value is -3.93. The molecule has 1 aliphatic carbocycles. The van der Waals surface area contributed by atoms with Crippen molar-refractivity contribution in [3.63, 3.8) is 0 Å². The number of aromatic amines is 1. The van der Waals surface area contributed by atoms with Crippen LogP contribution in [0.3, 0.4) is 0 Å². The summed E-state index contributed by atoms with van der Waals surface area (Å²) in [5, 5.41) is 10.7. The van der Waals surface area contributed by atoms with Crippen molar-refractivity contribution in [2.24, 2.45) is 0 Å². The van der Waals surface area contributed by atoms with Gasteiger partial charge in [-0.25, -0.2) is 0 Å². The number of amides is 1. The first kappa shape index (κ1) is 20.0. The molecule has 2 aromatic heterocycles. The number of nitrogens with one attached hydrogen (secondary N) is 2. The van der Waals surface area contributed by atoms with E-state index < -0.39 is 0 Å². The summed E-state index contributed by atoms with van der Waals surface area (Å²) in [5.41, 5.74) is 3.64. The van der Waals surface area contributed by atoms with Gasteiger partial charge >= 0.3 is 0 Å². The third-order valence-electron chi connectivity index (χ3n) is 5.40. The zero-order valence-corrected chi connectivity index (χ0v) is 17.6. The van der Waals surface area contributed by atoms with Crippen LogP contribution < -0.4 is 14.6 Å². The van der Waals surface area contributed by atoms with Crippen LogP contribution in [0.4, 0.5) is 0 Å². The molecule has 2 N–H and O–H groups in total. The molecule has 1 fully saturated rings. The number of para-hydroxylation sites is 1. The molecular weight excluding hydrogens is 400 g/mol. The monoisotopic (exact) mass is 425 g/mol. The van der Waals surface area contributed by atoms with Gasteiger partial charge in [0.25, 0.3) is 5.91 Å². The molecule has 1 unspecified atom stereocenters. The van der Waals surface area contributed by atoms with Crippen molar-refractivity contribution in [2.45, 2.75) is 31.5 Å². The number of pyridine rings is 1. The standard InChI is InChI=1S/C26H24N4O2/c31-25(27-21-13-14-21)18-30-15-7-10-20(17-30)23-16-24(29-28-23)26(19-8-3-1-4-9-19)32-22-11-5-2-6-12-22/h1-12,15-17,21,26H,13-14,18H2,(H-,27,28,29,31)/p+1. The Labute approximate surface area is 186 Å². The van der Waals surface area contributed by atoms with Crippen molar-refractivity contribution in [1.29, 1.82) is 0 Å². The molecule has 0 spiro atoms. The van der Waals surface area contributed by atoms with Gasteiger partial charge in [0.15, 0.2) is 18.5 Å². The maximum atomic E-state index is 12.2. The lowest BCUT2D eigenvalue weighted by molar-refractivity contribution is -0.684. The number of nitrogens with zero attached hydrogens (tertiary/aromatic N) is 2. The average molecular weight is 426 g/mol. The predicted molar refractivity (Wildman–Crippen MR) is 121 cm³/mol. The quantitative estimate of drug-likeness (QED) is 0.422. The average Bonchev–Trinajstić information content (AvgIpc) is 3.50. The van der Waals surface area contributed by atoms with Gasteiger partial charge in [-0.1, -0.05) is 48.5 Å². The van der Waals surface area contributed by atoms with E-state index in [2.05, 4.69) is 15.5 Å². The van der Waals surface area contributed by atoms with E-state index in [0.29, 0.717) is 12.6 Å². The van der Waals surface area contributed by atoms with Crippen LogP contribution in [0.2, 0.25) is 0 Å². The second-order valence-electron chi connectivity index (χ2n) is 8.03. The molecule has 0 aliphatic heterocycles. The summed E-state index contributed by atoms with van der Waals surface area (Å²) in [6, 6.07) is 26.1. The van der Waals surface area contributed by atoms with E-state index in [4.69, 9.17) is 4.74 Å². The molecule has 6 nitrogen and oxygen atoms in total. The van der Waals surface area contributed by atoms with Crippen LogP contribution in [0, 0.1) is 0 Å². The third-order valence-corrected chi connectivity index (χ3v) is 5.40. The predicted octanol–water partition coefficient (Wildman–Crippen LogP) is 3.81. The first-order chi connectivity index (χ1) is 15.7. The van der Waals surface area contributed by atoms with Crippen molar-refractivity contribution in [2.75, 3.05) is 0 Å². The summed E-state index contributed by atoms with van der Waals surface area (Å²) in [7, 11) is 0. The summed E-state index contributed by atoms with van der Waals surface area (Å²) in [5.74, 6) is 0.825. The number of carbonyl (C=O) groups excluding carboxylic acids is 1. The van der Waals surface area contributed by atoms with E-state index in [0.717, 1.165) is 41.1 Å². The zero-order chi connectivity index (χ0) is 21.8. The SMILES string of the molecule is O=C(C[n+]1cccc(-c2cc(C(Oc3ccccc3)c3ccccc3)n[nH]2)c1)NC1CC1. The number of rotatable bonds is 8. The van der Waals surface area contributed by atoms with Crippen molar-refractivity contribution >= 4 is 5.91 Å². The second kappa shape index (κ2) is 9.06. The number of hydrogen-bond donors (Lipinski definition) is 2. The van der Waals surface area contributed by atoms with Crippen LogP contribution >= 0.6 is 0 Å². The largest absolute Gasteiger partial charge is 0.479 e.